The topological polar surface area (TPSA) is 74.0 Å². The molecule has 2 rings (SSSR count). The number of H-pyrrole nitrogens is 1. The average Bonchev–Trinajstić information content (AvgIpc) is 2.93. The first-order chi connectivity index (χ1) is 9.32. The summed E-state index contributed by atoms with van der Waals surface area (Å²) in [4.78, 5) is 3.33. The molecule has 0 radical (unpaired) electrons. The lowest BCUT2D eigenvalue weighted by Crippen LogP contribution is -2.33. The molecule has 1 fully saturated rings. The van der Waals surface area contributed by atoms with Crippen LogP contribution in [-0.4, -0.2) is 26.0 Å². The highest BCUT2D eigenvalue weighted by atomic mass is 32.2. The molecular weight excluding hydrogens is 274 g/mol. The predicted molar refractivity (Wildman–Crippen MR) is 79.9 cm³/mol. The summed E-state index contributed by atoms with van der Waals surface area (Å²) < 4.78 is 27.5. The largest absolute Gasteiger partial charge is 0.363 e. The summed E-state index contributed by atoms with van der Waals surface area (Å²) >= 11 is 0. The van der Waals surface area contributed by atoms with Crippen molar-refractivity contribution in [3.05, 3.63) is 18.0 Å². The maximum atomic E-state index is 12.3. The van der Waals surface area contributed by atoms with Crippen LogP contribution in [0.1, 0.15) is 45.7 Å². The molecule has 1 heterocycles. The molecule has 0 aromatic carbocycles. The van der Waals surface area contributed by atoms with Crippen molar-refractivity contribution in [2.75, 3.05) is 6.54 Å². The second-order valence-corrected chi connectivity index (χ2v) is 8.08. The van der Waals surface area contributed by atoms with Gasteiger partial charge in [-0.3, -0.25) is 0 Å². The summed E-state index contributed by atoms with van der Waals surface area (Å²) in [5.41, 5.74) is 1.13. The summed E-state index contributed by atoms with van der Waals surface area (Å²) in [7, 11) is -3.41. The van der Waals surface area contributed by atoms with Gasteiger partial charge in [-0.2, -0.15) is 0 Å². The first-order valence-electron chi connectivity index (χ1n) is 7.23. The Bertz CT molecular complexity index is 549. The lowest BCUT2D eigenvalue weighted by Gasteiger charge is -2.17. The van der Waals surface area contributed by atoms with Crippen LogP contribution in [-0.2, 0) is 16.6 Å². The van der Waals surface area contributed by atoms with Crippen LogP contribution in [0.15, 0.2) is 17.2 Å². The fraction of sp³-hybridized carbons (Fsp3) is 0.714. The van der Waals surface area contributed by atoms with E-state index in [1.165, 1.54) is 0 Å². The standard InChI is InChI=1S/C14H25N3O2S/c1-4-15-9-12-7-13(10-16-12)20(18,19)17-11-5-6-14(2,3)8-11/h7,10-11,15-17H,4-6,8-9H2,1-3H3. The minimum Gasteiger partial charge on any atom is -0.363 e. The Labute approximate surface area is 121 Å². The molecule has 1 aliphatic rings. The van der Waals surface area contributed by atoms with Crippen LogP contribution in [0.3, 0.4) is 0 Å². The fourth-order valence-electron chi connectivity index (χ4n) is 2.76. The summed E-state index contributed by atoms with van der Waals surface area (Å²) in [5, 5.41) is 3.17. The van der Waals surface area contributed by atoms with Gasteiger partial charge in [-0.1, -0.05) is 20.8 Å². The van der Waals surface area contributed by atoms with Crippen LogP contribution in [0.2, 0.25) is 0 Å². The highest BCUT2D eigenvalue weighted by molar-refractivity contribution is 7.89. The third-order valence-corrected chi connectivity index (χ3v) is 5.38. The number of nitrogens with one attached hydrogen (secondary N) is 3. The summed E-state index contributed by atoms with van der Waals surface area (Å²) in [6.07, 6.45) is 4.45. The Morgan fingerprint density at radius 2 is 2.20 bits per heavy atom. The Kier molecular flexibility index (Phi) is 4.56. The molecule has 5 nitrogen and oxygen atoms in total. The Balaban J connectivity index is 2.01. The van der Waals surface area contributed by atoms with E-state index < -0.39 is 10.0 Å². The van der Waals surface area contributed by atoms with Gasteiger partial charge in [-0.15, -0.1) is 0 Å². The zero-order valence-corrected chi connectivity index (χ0v) is 13.3. The van der Waals surface area contributed by atoms with Crippen molar-refractivity contribution < 1.29 is 8.42 Å². The van der Waals surface area contributed by atoms with Gasteiger partial charge in [0.1, 0.15) is 0 Å². The molecule has 1 unspecified atom stereocenters. The summed E-state index contributed by atoms with van der Waals surface area (Å²) in [6.45, 7) is 7.90. The first kappa shape index (κ1) is 15.5. The number of hydrogen-bond acceptors (Lipinski definition) is 3. The fourth-order valence-corrected chi connectivity index (χ4v) is 4.05. The molecule has 114 valence electrons. The molecule has 6 heteroatoms. The van der Waals surface area contributed by atoms with Crippen molar-refractivity contribution in [3.63, 3.8) is 0 Å². The number of rotatable bonds is 6. The monoisotopic (exact) mass is 299 g/mol. The van der Waals surface area contributed by atoms with Crippen molar-refractivity contribution in [2.45, 2.75) is 57.5 Å². The molecular formula is C14H25N3O2S. The molecule has 1 aliphatic carbocycles. The highest BCUT2D eigenvalue weighted by Crippen LogP contribution is 2.37. The van der Waals surface area contributed by atoms with E-state index in [1.807, 2.05) is 6.92 Å². The molecule has 1 aromatic heterocycles. The lowest BCUT2D eigenvalue weighted by atomic mass is 9.92. The molecule has 0 bridgehead atoms. The van der Waals surface area contributed by atoms with Gasteiger partial charge in [-0.05, 0) is 37.3 Å². The van der Waals surface area contributed by atoms with E-state index in [1.54, 1.807) is 12.3 Å². The molecule has 0 saturated heterocycles. The van der Waals surface area contributed by atoms with E-state index in [-0.39, 0.29) is 11.5 Å². The number of hydrogen-bond donors (Lipinski definition) is 3. The predicted octanol–water partition coefficient (Wildman–Crippen LogP) is 1.98. The molecule has 0 amide bonds. The first-order valence-corrected chi connectivity index (χ1v) is 8.71. The van der Waals surface area contributed by atoms with Gasteiger partial charge in [0, 0.05) is 24.5 Å². The second-order valence-electron chi connectivity index (χ2n) is 6.37. The van der Waals surface area contributed by atoms with E-state index in [2.05, 4.69) is 28.9 Å². The van der Waals surface area contributed by atoms with Crippen LogP contribution >= 0.6 is 0 Å². The second kappa shape index (κ2) is 5.87. The van der Waals surface area contributed by atoms with Crippen molar-refractivity contribution in [1.29, 1.82) is 0 Å². The Morgan fingerprint density at radius 1 is 1.45 bits per heavy atom. The quantitative estimate of drug-likeness (QED) is 0.752. The zero-order valence-electron chi connectivity index (χ0n) is 12.5. The summed E-state index contributed by atoms with van der Waals surface area (Å²) in [5.74, 6) is 0. The molecule has 1 aromatic rings. The highest BCUT2D eigenvalue weighted by Gasteiger charge is 2.33. The van der Waals surface area contributed by atoms with Gasteiger partial charge in [-0.25, -0.2) is 13.1 Å². The minimum absolute atomic E-state index is 0.0575. The van der Waals surface area contributed by atoms with E-state index in [0.717, 1.165) is 31.5 Å². The van der Waals surface area contributed by atoms with Crippen molar-refractivity contribution in [3.8, 4) is 0 Å². The Morgan fingerprint density at radius 3 is 2.80 bits per heavy atom. The lowest BCUT2D eigenvalue weighted by molar-refractivity contribution is 0.372. The molecule has 20 heavy (non-hydrogen) atoms. The van der Waals surface area contributed by atoms with Gasteiger partial charge in [0.2, 0.25) is 10.0 Å². The average molecular weight is 299 g/mol. The van der Waals surface area contributed by atoms with E-state index in [0.29, 0.717) is 11.4 Å². The minimum atomic E-state index is -3.41. The number of aromatic amines is 1. The molecule has 0 aliphatic heterocycles. The summed E-state index contributed by atoms with van der Waals surface area (Å²) in [6, 6.07) is 1.76. The molecule has 3 N–H and O–H groups in total. The van der Waals surface area contributed by atoms with E-state index >= 15 is 0 Å². The van der Waals surface area contributed by atoms with Gasteiger partial charge in [0.05, 0.1) is 4.90 Å². The van der Waals surface area contributed by atoms with Crippen LogP contribution in [0.25, 0.3) is 0 Å². The third kappa shape index (κ3) is 3.84. The smallest absolute Gasteiger partial charge is 0.242 e. The van der Waals surface area contributed by atoms with Crippen LogP contribution < -0.4 is 10.0 Å². The van der Waals surface area contributed by atoms with Gasteiger partial charge < -0.3 is 10.3 Å². The molecule has 1 saturated carbocycles. The molecule has 0 spiro atoms. The maximum absolute atomic E-state index is 12.3. The van der Waals surface area contributed by atoms with Crippen LogP contribution in [0.5, 0.6) is 0 Å². The third-order valence-electron chi connectivity index (χ3n) is 3.88. The van der Waals surface area contributed by atoms with Gasteiger partial charge >= 0.3 is 0 Å². The number of aromatic nitrogens is 1. The maximum Gasteiger partial charge on any atom is 0.242 e. The number of sulfonamides is 1. The van der Waals surface area contributed by atoms with Crippen molar-refractivity contribution in [1.82, 2.24) is 15.0 Å². The molecule has 1 atom stereocenters. The Hall–Kier alpha value is -0.850. The van der Waals surface area contributed by atoms with Crippen LogP contribution in [0.4, 0.5) is 0 Å². The normalized spacial score (nSPS) is 22.2. The van der Waals surface area contributed by atoms with Crippen molar-refractivity contribution >= 4 is 10.0 Å². The van der Waals surface area contributed by atoms with E-state index in [9.17, 15) is 8.42 Å². The van der Waals surface area contributed by atoms with E-state index in [4.69, 9.17) is 0 Å². The zero-order chi connectivity index (χ0) is 14.8. The SMILES string of the molecule is CCNCc1cc(S(=O)(=O)NC2CCC(C)(C)C2)c[nH]1. The van der Waals surface area contributed by atoms with Gasteiger partial charge in [0.15, 0.2) is 0 Å². The van der Waals surface area contributed by atoms with Crippen LogP contribution in [0, 0.1) is 5.41 Å². The van der Waals surface area contributed by atoms with Gasteiger partial charge in [0.25, 0.3) is 0 Å². The van der Waals surface area contributed by atoms with Crippen molar-refractivity contribution in [2.24, 2.45) is 5.41 Å².